The summed E-state index contributed by atoms with van der Waals surface area (Å²) in [7, 11) is 0. The topological polar surface area (TPSA) is 132 Å². The van der Waals surface area contributed by atoms with Gasteiger partial charge in [-0.25, -0.2) is 4.98 Å². The molecule has 1 amide bonds. The van der Waals surface area contributed by atoms with Gasteiger partial charge in [0.1, 0.15) is 6.73 Å². The van der Waals surface area contributed by atoms with E-state index in [1.54, 1.807) is 30.6 Å². The number of fused-ring (bicyclic) bond motifs is 1. The van der Waals surface area contributed by atoms with Crippen molar-refractivity contribution in [3.8, 4) is 0 Å². The molecule has 0 aliphatic heterocycles. The number of nitrogens with two attached hydrogens (primary N) is 1. The molecule has 3 aromatic carbocycles. The Labute approximate surface area is 226 Å². The number of nitrogen functional groups attached to an aromatic ring is 1. The first kappa shape index (κ1) is 25.7. The molecule has 0 saturated carbocycles. The second kappa shape index (κ2) is 11.6. The Morgan fingerprint density at radius 3 is 2.46 bits per heavy atom. The highest BCUT2D eigenvalue weighted by molar-refractivity contribution is 6.05. The lowest BCUT2D eigenvalue weighted by Crippen LogP contribution is -2.13. The summed E-state index contributed by atoms with van der Waals surface area (Å²) in [6, 6.07) is 24.4. The number of para-hydroxylation sites is 3. The van der Waals surface area contributed by atoms with E-state index in [0.29, 0.717) is 40.8 Å². The molecule has 0 aliphatic rings. The molecule has 0 atom stereocenters. The number of carbonyl (C=O) groups excluding carboxylic acids is 1. The predicted molar refractivity (Wildman–Crippen MR) is 154 cm³/mol. The number of aromatic nitrogens is 4. The highest BCUT2D eigenvalue weighted by Gasteiger charge is 2.15. The van der Waals surface area contributed by atoms with Gasteiger partial charge in [0.05, 0.1) is 24.3 Å². The molecular formula is C29H30N8O2. The Balaban J connectivity index is 1.21. The van der Waals surface area contributed by atoms with E-state index in [1.165, 1.54) is 0 Å². The van der Waals surface area contributed by atoms with E-state index in [2.05, 4.69) is 44.7 Å². The van der Waals surface area contributed by atoms with Gasteiger partial charge in [-0.1, -0.05) is 42.5 Å². The fourth-order valence-electron chi connectivity index (χ4n) is 3.96. The van der Waals surface area contributed by atoms with E-state index in [0.717, 1.165) is 16.9 Å². The molecule has 39 heavy (non-hydrogen) atoms. The summed E-state index contributed by atoms with van der Waals surface area (Å²) < 4.78 is 7.82. The Kier molecular flexibility index (Phi) is 7.65. The van der Waals surface area contributed by atoms with E-state index in [4.69, 9.17) is 10.5 Å². The molecule has 0 spiro atoms. The number of nitrogens with one attached hydrogen (secondary N) is 3. The molecule has 5 rings (SSSR count). The van der Waals surface area contributed by atoms with Crippen molar-refractivity contribution >= 4 is 45.9 Å². The minimum absolute atomic E-state index is 0.189. The first-order chi connectivity index (χ1) is 19.0. The highest BCUT2D eigenvalue weighted by Crippen LogP contribution is 2.26. The number of anilines is 5. The van der Waals surface area contributed by atoms with Crippen molar-refractivity contribution in [2.24, 2.45) is 0 Å². The number of rotatable bonds is 10. The van der Waals surface area contributed by atoms with Crippen molar-refractivity contribution in [2.45, 2.75) is 26.5 Å². The van der Waals surface area contributed by atoms with Gasteiger partial charge in [-0.3, -0.25) is 4.79 Å². The molecule has 0 fully saturated rings. The van der Waals surface area contributed by atoms with E-state index >= 15 is 0 Å². The van der Waals surface area contributed by atoms with Crippen molar-refractivity contribution in [3.63, 3.8) is 0 Å². The molecular weight excluding hydrogens is 492 g/mol. The summed E-state index contributed by atoms with van der Waals surface area (Å²) in [6.45, 7) is 4.70. The predicted octanol–water partition coefficient (Wildman–Crippen LogP) is 5.57. The van der Waals surface area contributed by atoms with Gasteiger partial charge in [-0.05, 0) is 55.8 Å². The molecule has 0 bridgehead atoms. The summed E-state index contributed by atoms with van der Waals surface area (Å²) in [5, 5.41) is 9.32. The van der Waals surface area contributed by atoms with Crippen LogP contribution in [0.3, 0.4) is 0 Å². The fraction of sp³-hybridized carbons (Fsp3) is 0.172. The monoisotopic (exact) mass is 522 g/mol. The van der Waals surface area contributed by atoms with Gasteiger partial charge in [-0.2, -0.15) is 9.97 Å². The van der Waals surface area contributed by atoms with Crippen molar-refractivity contribution in [1.29, 1.82) is 0 Å². The normalized spacial score (nSPS) is 11.1. The van der Waals surface area contributed by atoms with Gasteiger partial charge in [0.2, 0.25) is 5.95 Å². The van der Waals surface area contributed by atoms with Crippen LogP contribution in [0.15, 0.2) is 85.2 Å². The Morgan fingerprint density at radius 1 is 0.974 bits per heavy atom. The van der Waals surface area contributed by atoms with E-state index < -0.39 is 0 Å². The van der Waals surface area contributed by atoms with Crippen LogP contribution in [-0.4, -0.2) is 32.2 Å². The SMILES string of the molecule is CC(C)n1cnc2c(Nc3ccccc3)nc(NCOCc3ccc(C(=O)Nc4ccccc4N)cc3)nc21. The van der Waals surface area contributed by atoms with Crippen molar-refractivity contribution < 1.29 is 9.53 Å². The Bertz CT molecular complexity index is 1570. The smallest absolute Gasteiger partial charge is 0.255 e. The Morgan fingerprint density at radius 2 is 1.72 bits per heavy atom. The van der Waals surface area contributed by atoms with Crippen LogP contribution in [0.4, 0.5) is 28.8 Å². The summed E-state index contributed by atoms with van der Waals surface area (Å²) in [5.74, 6) is 0.810. The van der Waals surface area contributed by atoms with Gasteiger partial charge in [0.25, 0.3) is 5.91 Å². The number of nitrogens with zero attached hydrogens (tertiary/aromatic N) is 4. The number of imidazole rings is 1. The van der Waals surface area contributed by atoms with Gasteiger partial charge < -0.3 is 31.0 Å². The van der Waals surface area contributed by atoms with Crippen LogP contribution in [0, 0.1) is 0 Å². The largest absolute Gasteiger partial charge is 0.397 e. The maximum Gasteiger partial charge on any atom is 0.255 e. The third-order valence-corrected chi connectivity index (χ3v) is 6.04. The summed E-state index contributed by atoms with van der Waals surface area (Å²) in [4.78, 5) is 26.4. The third-order valence-electron chi connectivity index (χ3n) is 6.04. The minimum Gasteiger partial charge on any atom is -0.397 e. The molecule has 2 heterocycles. The lowest BCUT2D eigenvalue weighted by molar-refractivity contribution is 0.102. The lowest BCUT2D eigenvalue weighted by atomic mass is 10.1. The van der Waals surface area contributed by atoms with Crippen molar-refractivity contribution in [1.82, 2.24) is 19.5 Å². The van der Waals surface area contributed by atoms with Crippen LogP contribution in [-0.2, 0) is 11.3 Å². The van der Waals surface area contributed by atoms with Crippen LogP contribution in [0.1, 0.15) is 35.8 Å². The number of benzene rings is 3. The molecule has 2 aromatic heterocycles. The number of hydrogen-bond donors (Lipinski definition) is 4. The first-order valence-electron chi connectivity index (χ1n) is 12.6. The second-order valence-electron chi connectivity index (χ2n) is 9.21. The fourth-order valence-corrected chi connectivity index (χ4v) is 3.96. The maximum atomic E-state index is 12.5. The molecule has 5 N–H and O–H groups in total. The minimum atomic E-state index is -0.227. The zero-order chi connectivity index (χ0) is 27.2. The summed E-state index contributed by atoms with van der Waals surface area (Å²) in [6.07, 6.45) is 1.78. The van der Waals surface area contributed by atoms with Crippen molar-refractivity contribution in [2.75, 3.05) is 28.4 Å². The average Bonchev–Trinajstić information content (AvgIpc) is 3.38. The molecule has 10 nitrogen and oxygen atoms in total. The zero-order valence-corrected chi connectivity index (χ0v) is 21.8. The maximum absolute atomic E-state index is 12.5. The van der Waals surface area contributed by atoms with Gasteiger partial charge in [0.15, 0.2) is 17.0 Å². The van der Waals surface area contributed by atoms with Gasteiger partial charge in [-0.15, -0.1) is 0 Å². The number of amides is 1. The van der Waals surface area contributed by atoms with E-state index in [-0.39, 0.29) is 18.7 Å². The van der Waals surface area contributed by atoms with Crippen LogP contribution in [0.25, 0.3) is 11.2 Å². The van der Waals surface area contributed by atoms with Gasteiger partial charge >= 0.3 is 0 Å². The first-order valence-corrected chi connectivity index (χ1v) is 12.6. The molecule has 0 aliphatic carbocycles. The summed E-state index contributed by atoms with van der Waals surface area (Å²) in [5.41, 5.74) is 10.8. The molecule has 198 valence electrons. The quantitative estimate of drug-likeness (QED) is 0.106. The lowest BCUT2D eigenvalue weighted by Gasteiger charge is -2.12. The van der Waals surface area contributed by atoms with Crippen LogP contribution < -0.4 is 21.7 Å². The molecule has 0 unspecified atom stereocenters. The van der Waals surface area contributed by atoms with Crippen molar-refractivity contribution in [3.05, 3.63) is 96.3 Å². The Hall–Kier alpha value is -4.96. The molecule has 0 radical (unpaired) electrons. The molecule has 10 heteroatoms. The van der Waals surface area contributed by atoms with Crippen LogP contribution in [0.5, 0.6) is 0 Å². The summed E-state index contributed by atoms with van der Waals surface area (Å²) >= 11 is 0. The highest BCUT2D eigenvalue weighted by atomic mass is 16.5. The number of ether oxygens (including phenoxy) is 1. The number of carbonyl (C=O) groups is 1. The van der Waals surface area contributed by atoms with Crippen LogP contribution in [0.2, 0.25) is 0 Å². The van der Waals surface area contributed by atoms with E-state index in [1.807, 2.05) is 59.2 Å². The molecule has 5 aromatic rings. The zero-order valence-electron chi connectivity index (χ0n) is 21.8. The van der Waals surface area contributed by atoms with Crippen LogP contribution >= 0.6 is 0 Å². The third kappa shape index (κ3) is 6.13. The second-order valence-corrected chi connectivity index (χ2v) is 9.21. The van der Waals surface area contributed by atoms with E-state index in [9.17, 15) is 4.79 Å². The standard InChI is InChI=1S/C29H30N8O2/c1-19(2)37-17-31-25-26(33-22-8-4-3-5-9-22)35-29(36-27(25)37)32-18-39-16-20-12-14-21(15-13-20)28(38)34-24-11-7-6-10-23(24)30/h3-15,17,19H,16,18,30H2,1-2H3,(H,34,38)(H2,32,33,35,36). The number of hydrogen-bond acceptors (Lipinski definition) is 8. The average molecular weight is 523 g/mol. The molecule has 0 saturated heterocycles. The van der Waals surface area contributed by atoms with Gasteiger partial charge in [0, 0.05) is 17.3 Å².